The molecule has 0 N–H and O–H groups in total. The lowest BCUT2D eigenvalue weighted by Crippen LogP contribution is -2.47. The van der Waals surface area contributed by atoms with Crippen molar-refractivity contribution in [2.24, 2.45) is 5.92 Å². The van der Waals surface area contributed by atoms with Crippen LogP contribution in [0.5, 0.6) is 0 Å². The highest BCUT2D eigenvalue weighted by atomic mass is 16.5. The van der Waals surface area contributed by atoms with Gasteiger partial charge in [0.25, 0.3) is 0 Å². The summed E-state index contributed by atoms with van der Waals surface area (Å²) in [5.41, 5.74) is 0. The summed E-state index contributed by atoms with van der Waals surface area (Å²) >= 11 is 0. The standard InChI is InChI=1S/C15H28N2O3/c1-5-20-15(19)11-17(12(2)3)10-14(18)16-8-6-13(4)7-9-16/h12-13H,5-11H2,1-4H3. The van der Waals surface area contributed by atoms with E-state index >= 15 is 0 Å². The summed E-state index contributed by atoms with van der Waals surface area (Å²) in [5, 5.41) is 0. The van der Waals surface area contributed by atoms with Gasteiger partial charge in [-0.05, 0) is 39.5 Å². The van der Waals surface area contributed by atoms with Gasteiger partial charge in [0.1, 0.15) is 0 Å². The first-order valence-electron chi connectivity index (χ1n) is 7.61. The van der Waals surface area contributed by atoms with Crippen molar-refractivity contribution < 1.29 is 14.3 Å². The monoisotopic (exact) mass is 284 g/mol. The number of nitrogens with zero attached hydrogens (tertiary/aromatic N) is 2. The zero-order chi connectivity index (χ0) is 15.1. The van der Waals surface area contributed by atoms with Crippen LogP contribution in [0.2, 0.25) is 0 Å². The second kappa shape index (κ2) is 8.25. The van der Waals surface area contributed by atoms with Crippen LogP contribution in [0.1, 0.15) is 40.5 Å². The number of ether oxygens (including phenoxy) is 1. The molecule has 0 aromatic rings. The maximum absolute atomic E-state index is 12.3. The number of hydrogen-bond acceptors (Lipinski definition) is 4. The Bertz CT molecular complexity index is 323. The van der Waals surface area contributed by atoms with E-state index in [0.29, 0.717) is 19.1 Å². The molecule has 1 heterocycles. The molecule has 0 unspecified atom stereocenters. The highest BCUT2D eigenvalue weighted by Gasteiger charge is 2.24. The molecule has 0 aliphatic carbocycles. The van der Waals surface area contributed by atoms with Gasteiger partial charge in [-0.1, -0.05) is 6.92 Å². The highest BCUT2D eigenvalue weighted by molar-refractivity contribution is 5.79. The first-order chi connectivity index (χ1) is 9.43. The van der Waals surface area contributed by atoms with Crippen molar-refractivity contribution in [3.8, 4) is 0 Å². The van der Waals surface area contributed by atoms with E-state index in [1.165, 1.54) is 0 Å². The van der Waals surface area contributed by atoms with Crippen molar-refractivity contribution in [1.82, 2.24) is 9.80 Å². The van der Waals surface area contributed by atoms with Gasteiger partial charge < -0.3 is 9.64 Å². The Hall–Kier alpha value is -1.10. The highest BCUT2D eigenvalue weighted by Crippen LogP contribution is 2.16. The molecule has 0 bridgehead atoms. The number of rotatable bonds is 6. The van der Waals surface area contributed by atoms with Crippen LogP contribution in [0.3, 0.4) is 0 Å². The van der Waals surface area contributed by atoms with Gasteiger partial charge in [0.05, 0.1) is 19.7 Å². The quantitative estimate of drug-likeness (QED) is 0.694. The predicted molar refractivity (Wildman–Crippen MR) is 78.3 cm³/mol. The minimum absolute atomic E-state index is 0.120. The first-order valence-corrected chi connectivity index (χ1v) is 7.61. The summed E-state index contributed by atoms with van der Waals surface area (Å²) in [4.78, 5) is 27.7. The molecule has 1 aliphatic heterocycles. The summed E-state index contributed by atoms with van der Waals surface area (Å²) in [6.45, 7) is 10.5. The molecule has 5 heteroatoms. The number of piperidine rings is 1. The molecule has 0 aromatic carbocycles. The number of carbonyl (C=O) groups excluding carboxylic acids is 2. The third-order valence-electron chi connectivity index (χ3n) is 3.84. The molecule has 0 saturated carbocycles. The Morgan fingerprint density at radius 2 is 1.85 bits per heavy atom. The predicted octanol–water partition coefficient (Wildman–Crippen LogP) is 1.52. The Morgan fingerprint density at radius 1 is 1.25 bits per heavy atom. The summed E-state index contributed by atoms with van der Waals surface area (Å²) in [7, 11) is 0. The number of esters is 1. The van der Waals surface area contributed by atoms with E-state index in [1.54, 1.807) is 6.92 Å². The van der Waals surface area contributed by atoms with Crippen LogP contribution in [-0.4, -0.2) is 60.5 Å². The molecule has 0 atom stereocenters. The average molecular weight is 284 g/mol. The molecule has 1 amide bonds. The van der Waals surface area contributed by atoms with Gasteiger partial charge in [-0.3, -0.25) is 14.5 Å². The second-order valence-corrected chi connectivity index (χ2v) is 5.87. The van der Waals surface area contributed by atoms with Crippen molar-refractivity contribution in [2.75, 3.05) is 32.8 Å². The summed E-state index contributed by atoms with van der Waals surface area (Å²) in [6.07, 6.45) is 2.15. The molecular weight excluding hydrogens is 256 g/mol. The molecule has 0 radical (unpaired) electrons. The minimum atomic E-state index is -0.263. The number of amides is 1. The fraction of sp³-hybridized carbons (Fsp3) is 0.867. The molecule has 116 valence electrons. The van der Waals surface area contributed by atoms with Gasteiger partial charge in [-0.2, -0.15) is 0 Å². The normalized spacial score (nSPS) is 16.8. The third kappa shape index (κ3) is 5.49. The fourth-order valence-corrected chi connectivity index (χ4v) is 2.33. The van der Waals surface area contributed by atoms with Crippen molar-refractivity contribution in [3.05, 3.63) is 0 Å². The average Bonchev–Trinajstić information content (AvgIpc) is 2.38. The Balaban J connectivity index is 2.48. The topological polar surface area (TPSA) is 49.9 Å². The van der Waals surface area contributed by atoms with Gasteiger partial charge in [0, 0.05) is 19.1 Å². The van der Waals surface area contributed by atoms with E-state index < -0.39 is 0 Å². The van der Waals surface area contributed by atoms with Crippen LogP contribution in [-0.2, 0) is 14.3 Å². The lowest BCUT2D eigenvalue weighted by atomic mass is 9.99. The summed E-state index contributed by atoms with van der Waals surface area (Å²) in [5.74, 6) is 0.566. The van der Waals surface area contributed by atoms with Gasteiger partial charge in [0.2, 0.25) is 5.91 Å². The lowest BCUT2D eigenvalue weighted by molar-refractivity contribution is -0.146. The largest absolute Gasteiger partial charge is 0.465 e. The molecule has 1 saturated heterocycles. The molecule has 20 heavy (non-hydrogen) atoms. The molecule has 1 rings (SSSR count). The Morgan fingerprint density at radius 3 is 2.35 bits per heavy atom. The smallest absolute Gasteiger partial charge is 0.320 e. The van der Waals surface area contributed by atoms with Crippen molar-refractivity contribution in [3.63, 3.8) is 0 Å². The van der Waals surface area contributed by atoms with E-state index in [4.69, 9.17) is 4.74 Å². The van der Waals surface area contributed by atoms with Gasteiger partial charge in [-0.25, -0.2) is 0 Å². The lowest BCUT2D eigenvalue weighted by Gasteiger charge is -2.33. The molecule has 1 fully saturated rings. The summed E-state index contributed by atoms with van der Waals surface area (Å²) in [6, 6.07) is 0.145. The molecule has 0 spiro atoms. The third-order valence-corrected chi connectivity index (χ3v) is 3.84. The van der Waals surface area contributed by atoms with E-state index in [0.717, 1.165) is 25.9 Å². The van der Waals surface area contributed by atoms with Crippen molar-refractivity contribution in [2.45, 2.75) is 46.6 Å². The van der Waals surface area contributed by atoms with Crippen LogP contribution in [0.15, 0.2) is 0 Å². The first kappa shape index (κ1) is 17.0. The minimum Gasteiger partial charge on any atom is -0.465 e. The SMILES string of the molecule is CCOC(=O)CN(CC(=O)N1CCC(C)CC1)C(C)C. The fourth-order valence-electron chi connectivity index (χ4n) is 2.33. The zero-order valence-electron chi connectivity index (χ0n) is 13.2. The molecular formula is C15H28N2O3. The Kier molecular flexibility index (Phi) is 6.99. The van der Waals surface area contributed by atoms with Gasteiger partial charge in [0.15, 0.2) is 0 Å². The maximum atomic E-state index is 12.3. The van der Waals surface area contributed by atoms with E-state index in [9.17, 15) is 9.59 Å². The second-order valence-electron chi connectivity index (χ2n) is 5.87. The van der Waals surface area contributed by atoms with Crippen molar-refractivity contribution >= 4 is 11.9 Å². The summed E-state index contributed by atoms with van der Waals surface area (Å²) < 4.78 is 4.96. The number of carbonyl (C=O) groups is 2. The van der Waals surface area contributed by atoms with Crippen LogP contribution in [0, 0.1) is 5.92 Å². The van der Waals surface area contributed by atoms with Crippen LogP contribution < -0.4 is 0 Å². The van der Waals surface area contributed by atoms with Crippen LogP contribution in [0.25, 0.3) is 0 Å². The van der Waals surface area contributed by atoms with E-state index in [2.05, 4.69) is 6.92 Å². The Labute approximate surface area is 122 Å². The molecule has 0 aromatic heterocycles. The van der Waals surface area contributed by atoms with Gasteiger partial charge >= 0.3 is 5.97 Å². The molecule has 1 aliphatic rings. The van der Waals surface area contributed by atoms with E-state index in [1.807, 2.05) is 23.6 Å². The van der Waals surface area contributed by atoms with E-state index in [-0.39, 0.29) is 24.5 Å². The van der Waals surface area contributed by atoms with Gasteiger partial charge in [-0.15, -0.1) is 0 Å². The zero-order valence-corrected chi connectivity index (χ0v) is 13.2. The molecule has 5 nitrogen and oxygen atoms in total. The van der Waals surface area contributed by atoms with Crippen molar-refractivity contribution in [1.29, 1.82) is 0 Å². The van der Waals surface area contributed by atoms with Crippen LogP contribution >= 0.6 is 0 Å². The van der Waals surface area contributed by atoms with Crippen LogP contribution in [0.4, 0.5) is 0 Å². The maximum Gasteiger partial charge on any atom is 0.320 e. The number of hydrogen-bond donors (Lipinski definition) is 0. The number of likely N-dealkylation sites (tertiary alicyclic amines) is 1.